The van der Waals surface area contributed by atoms with Crippen LogP contribution in [-0.2, 0) is 4.74 Å². The second-order valence-corrected chi connectivity index (χ2v) is 5.59. The van der Waals surface area contributed by atoms with E-state index >= 15 is 0 Å². The normalized spacial score (nSPS) is 23.8. The molecule has 1 saturated heterocycles. The Labute approximate surface area is 106 Å². The van der Waals surface area contributed by atoms with Gasteiger partial charge in [0.1, 0.15) is 0 Å². The van der Waals surface area contributed by atoms with E-state index in [1.54, 1.807) is 0 Å². The maximum Gasteiger partial charge on any atom is 0.0900 e. The second-order valence-electron chi connectivity index (χ2n) is 5.59. The molecule has 0 aromatic heterocycles. The van der Waals surface area contributed by atoms with Crippen molar-refractivity contribution >= 4 is 0 Å². The number of hydrogen-bond acceptors (Lipinski definition) is 4. The highest BCUT2D eigenvalue weighted by Crippen LogP contribution is 2.17. The lowest BCUT2D eigenvalue weighted by atomic mass is 10.2. The third kappa shape index (κ3) is 5.82. The molecule has 0 radical (unpaired) electrons. The summed E-state index contributed by atoms with van der Waals surface area (Å²) in [6.07, 6.45) is 2.33. The molecule has 4 nitrogen and oxygen atoms in total. The monoisotopic (exact) mass is 244 g/mol. The molecule has 0 saturated carbocycles. The van der Waals surface area contributed by atoms with E-state index in [-0.39, 0.29) is 12.2 Å². The molecule has 1 N–H and O–H groups in total. The third-order valence-electron chi connectivity index (χ3n) is 3.14. The zero-order valence-electron chi connectivity index (χ0n) is 11.7. The van der Waals surface area contributed by atoms with Crippen LogP contribution in [0.25, 0.3) is 0 Å². The molecule has 0 aromatic rings. The van der Waals surface area contributed by atoms with Crippen molar-refractivity contribution in [2.75, 3.05) is 40.3 Å². The summed E-state index contributed by atoms with van der Waals surface area (Å²) >= 11 is 0. The standard InChI is InChI=1S/C13H28N2O2/c1-11(2)17-10-13(16)9-15-7-5-6-12(15)8-14(3)4/h11-13,16H,5-10H2,1-4H3. The highest BCUT2D eigenvalue weighted by Gasteiger charge is 2.26. The summed E-state index contributed by atoms with van der Waals surface area (Å²) in [4.78, 5) is 4.62. The van der Waals surface area contributed by atoms with Gasteiger partial charge in [0.25, 0.3) is 0 Å². The Kier molecular flexibility index (Phi) is 6.41. The van der Waals surface area contributed by atoms with Crippen LogP contribution in [0.4, 0.5) is 0 Å². The lowest BCUT2D eigenvalue weighted by molar-refractivity contribution is -0.0110. The quantitative estimate of drug-likeness (QED) is 0.718. The molecule has 102 valence electrons. The van der Waals surface area contributed by atoms with Crippen molar-refractivity contribution in [3.63, 3.8) is 0 Å². The lowest BCUT2D eigenvalue weighted by Gasteiger charge is -2.28. The fraction of sp³-hybridized carbons (Fsp3) is 1.00. The average Bonchev–Trinajstić information content (AvgIpc) is 2.62. The van der Waals surface area contributed by atoms with Gasteiger partial charge in [-0.2, -0.15) is 0 Å². The minimum atomic E-state index is -0.361. The number of likely N-dealkylation sites (N-methyl/N-ethyl adjacent to an activating group) is 1. The van der Waals surface area contributed by atoms with Crippen LogP contribution in [0.1, 0.15) is 26.7 Å². The zero-order chi connectivity index (χ0) is 12.8. The van der Waals surface area contributed by atoms with Crippen LogP contribution in [0.2, 0.25) is 0 Å². The van der Waals surface area contributed by atoms with Crippen LogP contribution in [0, 0.1) is 0 Å². The maximum atomic E-state index is 9.93. The van der Waals surface area contributed by atoms with Crippen molar-refractivity contribution in [2.24, 2.45) is 0 Å². The van der Waals surface area contributed by atoms with E-state index < -0.39 is 0 Å². The summed E-state index contributed by atoms with van der Waals surface area (Å²) in [5.74, 6) is 0. The first-order chi connectivity index (χ1) is 7.99. The first kappa shape index (κ1) is 14.9. The first-order valence-corrected chi connectivity index (χ1v) is 6.67. The molecule has 0 aromatic carbocycles. The van der Waals surface area contributed by atoms with Crippen LogP contribution >= 0.6 is 0 Å². The van der Waals surface area contributed by atoms with Crippen molar-refractivity contribution in [3.05, 3.63) is 0 Å². The van der Waals surface area contributed by atoms with Gasteiger partial charge in [0, 0.05) is 19.1 Å². The molecule has 1 fully saturated rings. The van der Waals surface area contributed by atoms with Crippen molar-refractivity contribution < 1.29 is 9.84 Å². The van der Waals surface area contributed by atoms with Crippen LogP contribution < -0.4 is 0 Å². The van der Waals surface area contributed by atoms with Crippen molar-refractivity contribution in [1.29, 1.82) is 0 Å². The molecule has 0 aliphatic carbocycles. The van der Waals surface area contributed by atoms with Gasteiger partial charge in [-0.25, -0.2) is 0 Å². The number of rotatable bonds is 7. The van der Waals surface area contributed by atoms with Gasteiger partial charge in [-0.15, -0.1) is 0 Å². The number of hydrogen-bond donors (Lipinski definition) is 1. The second kappa shape index (κ2) is 7.31. The summed E-state index contributed by atoms with van der Waals surface area (Å²) in [5, 5.41) is 9.93. The Morgan fingerprint density at radius 2 is 2.12 bits per heavy atom. The zero-order valence-corrected chi connectivity index (χ0v) is 11.7. The Hall–Kier alpha value is -0.160. The smallest absolute Gasteiger partial charge is 0.0900 e. The molecule has 1 heterocycles. The van der Waals surface area contributed by atoms with E-state index in [0.29, 0.717) is 12.6 Å². The molecular formula is C13H28N2O2. The van der Waals surface area contributed by atoms with Gasteiger partial charge in [0.2, 0.25) is 0 Å². The van der Waals surface area contributed by atoms with E-state index in [1.807, 2.05) is 13.8 Å². The molecule has 2 atom stereocenters. The average molecular weight is 244 g/mol. The Bertz CT molecular complexity index is 210. The fourth-order valence-electron chi connectivity index (χ4n) is 2.39. The number of β-amino-alcohol motifs (C(OH)–C–C–N with tert-alkyl or cyclic N) is 1. The minimum absolute atomic E-state index is 0.195. The molecule has 17 heavy (non-hydrogen) atoms. The van der Waals surface area contributed by atoms with Crippen LogP contribution in [0.5, 0.6) is 0 Å². The fourth-order valence-corrected chi connectivity index (χ4v) is 2.39. The van der Waals surface area contributed by atoms with Gasteiger partial charge in [-0.05, 0) is 47.3 Å². The molecule has 1 rings (SSSR count). The maximum absolute atomic E-state index is 9.93. The van der Waals surface area contributed by atoms with E-state index in [4.69, 9.17) is 4.74 Å². The van der Waals surface area contributed by atoms with Gasteiger partial charge in [0.15, 0.2) is 0 Å². The number of ether oxygens (including phenoxy) is 1. The molecular weight excluding hydrogens is 216 g/mol. The molecule has 1 aliphatic rings. The molecule has 1 aliphatic heterocycles. The van der Waals surface area contributed by atoms with Crippen LogP contribution in [-0.4, -0.2) is 73.5 Å². The molecule has 0 amide bonds. The number of nitrogens with zero attached hydrogens (tertiary/aromatic N) is 2. The van der Waals surface area contributed by atoms with Crippen LogP contribution in [0.3, 0.4) is 0 Å². The first-order valence-electron chi connectivity index (χ1n) is 6.67. The Balaban J connectivity index is 2.28. The summed E-state index contributed by atoms with van der Waals surface area (Å²) in [6.45, 7) is 7.37. The highest BCUT2D eigenvalue weighted by atomic mass is 16.5. The molecule has 4 heteroatoms. The Morgan fingerprint density at radius 1 is 1.41 bits per heavy atom. The van der Waals surface area contributed by atoms with E-state index in [9.17, 15) is 5.11 Å². The lowest BCUT2D eigenvalue weighted by Crippen LogP contribution is -2.42. The summed E-state index contributed by atoms with van der Waals surface area (Å²) in [7, 11) is 4.21. The molecule has 0 bridgehead atoms. The van der Waals surface area contributed by atoms with Crippen LogP contribution in [0.15, 0.2) is 0 Å². The van der Waals surface area contributed by atoms with Crippen molar-refractivity contribution in [2.45, 2.75) is 44.9 Å². The van der Waals surface area contributed by atoms with E-state index in [0.717, 1.165) is 19.6 Å². The predicted molar refractivity (Wildman–Crippen MR) is 70.2 cm³/mol. The predicted octanol–water partition coefficient (Wildman–Crippen LogP) is 0.798. The van der Waals surface area contributed by atoms with E-state index in [2.05, 4.69) is 23.9 Å². The van der Waals surface area contributed by atoms with Crippen molar-refractivity contribution in [3.8, 4) is 0 Å². The van der Waals surface area contributed by atoms with Gasteiger partial charge >= 0.3 is 0 Å². The van der Waals surface area contributed by atoms with Crippen molar-refractivity contribution in [1.82, 2.24) is 9.80 Å². The summed E-state index contributed by atoms with van der Waals surface area (Å²) in [5.41, 5.74) is 0. The number of aliphatic hydroxyl groups is 1. The molecule has 2 unspecified atom stereocenters. The molecule has 0 spiro atoms. The number of likely N-dealkylation sites (tertiary alicyclic amines) is 1. The largest absolute Gasteiger partial charge is 0.389 e. The third-order valence-corrected chi connectivity index (χ3v) is 3.14. The SMILES string of the molecule is CC(C)OCC(O)CN1CCCC1CN(C)C. The highest BCUT2D eigenvalue weighted by molar-refractivity contribution is 4.82. The summed E-state index contributed by atoms with van der Waals surface area (Å²) < 4.78 is 5.44. The van der Waals surface area contributed by atoms with Gasteiger partial charge < -0.3 is 14.7 Å². The Morgan fingerprint density at radius 3 is 2.71 bits per heavy atom. The van der Waals surface area contributed by atoms with Gasteiger partial charge in [-0.1, -0.05) is 0 Å². The topological polar surface area (TPSA) is 35.9 Å². The summed E-state index contributed by atoms with van der Waals surface area (Å²) in [6, 6.07) is 0.596. The minimum Gasteiger partial charge on any atom is -0.389 e. The number of aliphatic hydroxyl groups excluding tert-OH is 1. The van der Waals surface area contributed by atoms with Gasteiger partial charge in [-0.3, -0.25) is 4.90 Å². The van der Waals surface area contributed by atoms with E-state index in [1.165, 1.54) is 12.8 Å². The van der Waals surface area contributed by atoms with Gasteiger partial charge in [0.05, 0.1) is 18.8 Å².